The van der Waals surface area contributed by atoms with Gasteiger partial charge in [-0.1, -0.05) is 0 Å². The first-order chi connectivity index (χ1) is 7.13. The molecule has 15 heavy (non-hydrogen) atoms. The van der Waals surface area contributed by atoms with Gasteiger partial charge in [0.25, 0.3) is 5.17 Å². The van der Waals surface area contributed by atoms with E-state index in [1.54, 1.807) is 0 Å². The van der Waals surface area contributed by atoms with E-state index < -0.39 is 30.5 Å². The van der Waals surface area contributed by atoms with Crippen LogP contribution in [0, 0.1) is 0 Å². The predicted octanol–water partition coefficient (Wildman–Crippen LogP) is -2.26. The molecule has 0 aromatic heterocycles. The summed E-state index contributed by atoms with van der Waals surface area (Å²) in [6.45, 7) is 0.0652. The van der Waals surface area contributed by atoms with Crippen LogP contribution < -0.4 is 5.32 Å². The number of fused-ring (bicyclic) bond motifs is 1. The van der Waals surface area contributed by atoms with E-state index in [-0.39, 0.29) is 11.8 Å². The molecule has 0 radical (unpaired) electrons. The molecule has 2 rings (SSSR count). The number of thiocarbonyl (C=S) groups is 1. The topological polar surface area (TPSA) is 91.2 Å². The zero-order valence-corrected chi connectivity index (χ0v) is 8.68. The second-order valence-electron chi connectivity index (χ2n) is 3.63. The number of ether oxygens (including phenoxy) is 2. The smallest absolute Gasteiger partial charge is 0.257 e. The van der Waals surface area contributed by atoms with Crippen LogP contribution in [0.1, 0.15) is 0 Å². The Labute approximate surface area is 91.8 Å². The third-order valence-corrected chi connectivity index (χ3v) is 2.89. The molecule has 2 heterocycles. The molecular weight excluding hydrogens is 222 g/mol. The first-order valence-corrected chi connectivity index (χ1v) is 5.11. The predicted molar refractivity (Wildman–Crippen MR) is 53.2 cm³/mol. The number of aliphatic hydroxyl groups excluding tert-OH is 3. The molecule has 2 saturated heterocycles. The summed E-state index contributed by atoms with van der Waals surface area (Å²) in [4.78, 5) is 0. The lowest BCUT2D eigenvalue weighted by Crippen LogP contribution is -2.65. The van der Waals surface area contributed by atoms with E-state index in [0.717, 1.165) is 0 Å². The van der Waals surface area contributed by atoms with Crippen LogP contribution in [0.4, 0.5) is 0 Å². The molecule has 0 aliphatic carbocycles. The van der Waals surface area contributed by atoms with E-state index in [9.17, 15) is 10.2 Å². The second-order valence-corrected chi connectivity index (χ2v) is 4.00. The summed E-state index contributed by atoms with van der Waals surface area (Å²) in [6, 6.07) is 0. The Morgan fingerprint density at radius 2 is 2.13 bits per heavy atom. The standard InChI is InChI=1S/C8H13NO5S/c10-2-4-5(11)6(12)7-3(13-4)1-9-8(15)14-7/h3-7,10-12H,1-2H2,(H,9,15)/t3-,4+,5-,6-,7-/m0/s1. The van der Waals surface area contributed by atoms with Gasteiger partial charge in [-0.25, -0.2) is 0 Å². The molecule has 4 N–H and O–H groups in total. The highest BCUT2D eigenvalue weighted by Crippen LogP contribution is 2.25. The van der Waals surface area contributed by atoms with Gasteiger partial charge in [0.1, 0.15) is 24.4 Å². The van der Waals surface area contributed by atoms with Crippen molar-refractivity contribution in [2.24, 2.45) is 0 Å². The van der Waals surface area contributed by atoms with Crippen LogP contribution >= 0.6 is 12.2 Å². The van der Waals surface area contributed by atoms with Crippen LogP contribution in [0.2, 0.25) is 0 Å². The first kappa shape index (κ1) is 11.0. The van der Waals surface area contributed by atoms with Gasteiger partial charge in [0.2, 0.25) is 0 Å². The third kappa shape index (κ3) is 1.93. The van der Waals surface area contributed by atoms with E-state index in [1.807, 2.05) is 0 Å². The van der Waals surface area contributed by atoms with Gasteiger partial charge in [-0.15, -0.1) is 0 Å². The fraction of sp³-hybridized carbons (Fsp3) is 0.875. The van der Waals surface area contributed by atoms with Gasteiger partial charge in [-0.3, -0.25) is 0 Å². The van der Waals surface area contributed by atoms with Crippen molar-refractivity contribution in [1.29, 1.82) is 0 Å². The molecule has 2 aliphatic rings. The number of rotatable bonds is 1. The highest BCUT2D eigenvalue weighted by molar-refractivity contribution is 7.80. The van der Waals surface area contributed by atoms with Crippen molar-refractivity contribution in [1.82, 2.24) is 5.32 Å². The highest BCUT2D eigenvalue weighted by Gasteiger charge is 2.47. The van der Waals surface area contributed by atoms with Crippen molar-refractivity contribution in [2.45, 2.75) is 30.5 Å². The SMILES string of the molecule is OC[C@H]1O[C@H]2CNC(=S)O[C@@H]2[C@@H](O)[C@H]1O. The molecule has 0 bridgehead atoms. The molecule has 0 amide bonds. The monoisotopic (exact) mass is 235 g/mol. The summed E-state index contributed by atoms with van der Waals surface area (Å²) in [5, 5.41) is 31.2. The molecule has 0 aromatic carbocycles. The van der Waals surface area contributed by atoms with E-state index >= 15 is 0 Å². The van der Waals surface area contributed by atoms with Gasteiger partial charge < -0.3 is 30.1 Å². The second kappa shape index (κ2) is 4.18. The fourth-order valence-corrected chi connectivity index (χ4v) is 2.02. The molecule has 86 valence electrons. The van der Waals surface area contributed by atoms with Crippen LogP contribution in [0.15, 0.2) is 0 Å². The Bertz CT molecular complexity index is 261. The van der Waals surface area contributed by atoms with Crippen LogP contribution in [0.3, 0.4) is 0 Å². The molecule has 0 unspecified atom stereocenters. The number of hydrogen-bond donors (Lipinski definition) is 4. The van der Waals surface area contributed by atoms with Crippen LogP contribution in [0.25, 0.3) is 0 Å². The normalized spacial score (nSPS) is 45.3. The minimum atomic E-state index is -1.16. The van der Waals surface area contributed by atoms with Crippen molar-refractivity contribution in [3.8, 4) is 0 Å². The third-order valence-electron chi connectivity index (χ3n) is 2.65. The summed E-state index contributed by atoms with van der Waals surface area (Å²) in [5.74, 6) is 0. The minimum absolute atomic E-state index is 0.188. The Morgan fingerprint density at radius 3 is 2.80 bits per heavy atom. The molecule has 5 atom stereocenters. The van der Waals surface area contributed by atoms with Gasteiger partial charge in [0.15, 0.2) is 6.10 Å². The fourth-order valence-electron chi connectivity index (χ4n) is 1.83. The Balaban J connectivity index is 2.11. The summed E-state index contributed by atoms with van der Waals surface area (Å²) in [6.07, 6.45) is -4.11. The highest BCUT2D eigenvalue weighted by atomic mass is 32.1. The quantitative estimate of drug-likeness (QED) is 0.381. The number of nitrogens with one attached hydrogen (secondary N) is 1. The molecule has 2 aliphatic heterocycles. The van der Waals surface area contributed by atoms with Crippen LogP contribution in [0.5, 0.6) is 0 Å². The van der Waals surface area contributed by atoms with E-state index in [2.05, 4.69) is 5.32 Å². The van der Waals surface area contributed by atoms with E-state index in [1.165, 1.54) is 0 Å². The van der Waals surface area contributed by atoms with Crippen LogP contribution in [-0.4, -0.2) is 64.2 Å². The lowest BCUT2D eigenvalue weighted by Gasteiger charge is -2.44. The van der Waals surface area contributed by atoms with E-state index in [4.69, 9.17) is 26.8 Å². The molecule has 0 aromatic rings. The number of aliphatic hydroxyl groups is 3. The first-order valence-electron chi connectivity index (χ1n) is 4.70. The molecule has 0 saturated carbocycles. The van der Waals surface area contributed by atoms with Crippen molar-refractivity contribution in [2.75, 3.05) is 13.2 Å². The zero-order chi connectivity index (χ0) is 11.0. The molecule has 6 nitrogen and oxygen atoms in total. The number of hydrogen-bond acceptors (Lipinski definition) is 6. The Morgan fingerprint density at radius 1 is 1.40 bits per heavy atom. The van der Waals surface area contributed by atoms with Crippen LogP contribution in [-0.2, 0) is 9.47 Å². The lowest BCUT2D eigenvalue weighted by atomic mass is 9.94. The maximum atomic E-state index is 9.74. The molecule has 0 spiro atoms. The van der Waals surface area contributed by atoms with Gasteiger partial charge in [0, 0.05) is 6.54 Å². The average molecular weight is 235 g/mol. The largest absolute Gasteiger partial charge is 0.462 e. The average Bonchev–Trinajstić information content (AvgIpc) is 2.24. The Hall–Kier alpha value is -0.470. The molecule has 7 heteroatoms. The molecule has 2 fully saturated rings. The minimum Gasteiger partial charge on any atom is -0.462 e. The van der Waals surface area contributed by atoms with Gasteiger partial charge in [0.05, 0.1) is 6.61 Å². The lowest BCUT2D eigenvalue weighted by molar-refractivity contribution is -0.228. The van der Waals surface area contributed by atoms with Crippen molar-refractivity contribution >= 4 is 17.4 Å². The molecular formula is C8H13NO5S. The van der Waals surface area contributed by atoms with Gasteiger partial charge in [-0.05, 0) is 12.2 Å². The maximum Gasteiger partial charge on any atom is 0.257 e. The summed E-state index contributed by atoms with van der Waals surface area (Å²) >= 11 is 4.79. The maximum absolute atomic E-state index is 9.74. The summed E-state index contributed by atoms with van der Waals surface area (Å²) in [7, 11) is 0. The van der Waals surface area contributed by atoms with Gasteiger partial charge >= 0.3 is 0 Å². The van der Waals surface area contributed by atoms with Crippen molar-refractivity contribution < 1.29 is 24.8 Å². The summed E-state index contributed by atoms with van der Waals surface area (Å²) < 4.78 is 10.5. The van der Waals surface area contributed by atoms with E-state index in [0.29, 0.717) is 6.54 Å². The van der Waals surface area contributed by atoms with Crippen molar-refractivity contribution in [3.63, 3.8) is 0 Å². The van der Waals surface area contributed by atoms with Crippen molar-refractivity contribution in [3.05, 3.63) is 0 Å². The zero-order valence-electron chi connectivity index (χ0n) is 7.87. The summed E-state index contributed by atoms with van der Waals surface area (Å²) in [5.41, 5.74) is 0. The van der Waals surface area contributed by atoms with Gasteiger partial charge in [-0.2, -0.15) is 0 Å². The Kier molecular flexibility index (Phi) is 3.08.